The topological polar surface area (TPSA) is 55.1 Å². The zero-order valence-electron chi connectivity index (χ0n) is 11.9. The first-order valence-corrected chi connectivity index (χ1v) is 7.94. The Balaban J connectivity index is 2.36. The SMILES string of the molecule is CCC(CC)Cn1c(SCC(=O)O)nc2ccccc21. The lowest BCUT2D eigenvalue weighted by atomic mass is 10.0. The van der Waals surface area contributed by atoms with Gasteiger partial charge in [-0.1, -0.05) is 50.6 Å². The van der Waals surface area contributed by atoms with Crippen molar-refractivity contribution < 1.29 is 9.90 Å². The molecule has 0 fully saturated rings. The summed E-state index contributed by atoms with van der Waals surface area (Å²) in [5.41, 5.74) is 2.03. The van der Waals surface area contributed by atoms with E-state index in [0.717, 1.165) is 35.6 Å². The van der Waals surface area contributed by atoms with Crippen molar-refractivity contribution in [1.29, 1.82) is 0 Å². The highest BCUT2D eigenvalue weighted by atomic mass is 32.2. The first-order valence-electron chi connectivity index (χ1n) is 6.95. The summed E-state index contributed by atoms with van der Waals surface area (Å²) >= 11 is 1.30. The fraction of sp³-hybridized carbons (Fsp3) is 0.467. The number of benzene rings is 1. The van der Waals surface area contributed by atoms with Crippen molar-refractivity contribution in [3.63, 3.8) is 0 Å². The Hall–Kier alpha value is -1.49. The van der Waals surface area contributed by atoms with Crippen LogP contribution in [0, 0.1) is 5.92 Å². The molecule has 0 radical (unpaired) electrons. The second kappa shape index (κ2) is 6.79. The van der Waals surface area contributed by atoms with Gasteiger partial charge in [0.05, 0.1) is 16.8 Å². The summed E-state index contributed by atoms with van der Waals surface area (Å²) in [7, 11) is 0. The number of aliphatic carboxylic acids is 1. The van der Waals surface area contributed by atoms with Crippen LogP contribution in [-0.2, 0) is 11.3 Å². The lowest BCUT2D eigenvalue weighted by molar-refractivity contribution is -0.133. The molecule has 0 amide bonds. The number of aromatic nitrogens is 2. The third-order valence-corrected chi connectivity index (χ3v) is 4.50. The second-order valence-electron chi connectivity index (χ2n) is 4.86. The largest absolute Gasteiger partial charge is 0.481 e. The van der Waals surface area contributed by atoms with Crippen LogP contribution in [0.5, 0.6) is 0 Å². The number of carboxylic acid groups (broad SMARTS) is 1. The number of rotatable bonds is 7. The Kier molecular flexibility index (Phi) is 5.06. The van der Waals surface area contributed by atoms with Crippen molar-refractivity contribution in [3.05, 3.63) is 24.3 Å². The number of hydrogen-bond donors (Lipinski definition) is 1. The van der Waals surface area contributed by atoms with Gasteiger partial charge in [0, 0.05) is 6.54 Å². The highest BCUT2D eigenvalue weighted by Crippen LogP contribution is 2.26. The summed E-state index contributed by atoms with van der Waals surface area (Å²) in [6.07, 6.45) is 2.23. The molecule has 2 rings (SSSR count). The summed E-state index contributed by atoms with van der Waals surface area (Å²) in [4.78, 5) is 15.3. The standard InChI is InChI=1S/C15H20N2O2S/c1-3-11(4-2)9-17-13-8-6-5-7-12(13)16-15(17)20-10-14(18)19/h5-8,11H,3-4,9-10H2,1-2H3,(H,18,19). The molecular weight excluding hydrogens is 272 g/mol. The number of thioether (sulfide) groups is 1. The Morgan fingerprint density at radius 2 is 2.05 bits per heavy atom. The van der Waals surface area contributed by atoms with Crippen molar-refractivity contribution in [2.24, 2.45) is 5.92 Å². The van der Waals surface area contributed by atoms with E-state index in [2.05, 4.69) is 29.5 Å². The monoisotopic (exact) mass is 292 g/mol. The van der Waals surface area contributed by atoms with Gasteiger partial charge in [-0.15, -0.1) is 0 Å². The molecule has 1 N–H and O–H groups in total. The average molecular weight is 292 g/mol. The quantitative estimate of drug-likeness (QED) is 0.791. The maximum absolute atomic E-state index is 10.8. The number of para-hydroxylation sites is 2. The van der Waals surface area contributed by atoms with E-state index in [-0.39, 0.29) is 5.75 Å². The molecule has 0 aliphatic carbocycles. The first kappa shape index (κ1) is 14.9. The van der Waals surface area contributed by atoms with Crippen LogP contribution < -0.4 is 0 Å². The molecule has 0 saturated carbocycles. The minimum absolute atomic E-state index is 0.0479. The molecule has 0 unspecified atom stereocenters. The summed E-state index contributed by atoms with van der Waals surface area (Å²) in [6, 6.07) is 7.99. The van der Waals surface area contributed by atoms with E-state index in [4.69, 9.17) is 5.11 Å². The van der Waals surface area contributed by atoms with Crippen molar-refractivity contribution in [2.75, 3.05) is 5.75 Å². The summed E-state index contributed by atoms with van der Waals surface area (Å²) in [5, 5.41) is 9.66. The number of nitrogens with zero attached hydrogens (tertiary/aromatic N) is 2. The molecule has 5 heteroatoms. The third kappa shape index (κ3) is 3.33. The van der Waals surface area contributed by atoms with E-state index in [1.54, 1.807) is 0 Å². The zero-order chi connectivity index (χ0) is 14.5. The number of carboxylic acids is 1. The van der Waals surface area contributed by atoms with Crippen molar-refractivity contribution in [3.8, 4) is 0 Å². The summed E-state index contributed by atoms with van der Waals surface area (Å²) < 4.78 is 2.17. The van der Waals surface area contributed by atoms with Crippen molar-refractivity contribution in [1.82, 2.24) is 9.55 Å². The Morgan fingerprint density at radius 1 is 1.35 bits per heavy atom. The van der Waals surface area contributed by atoms with Gasteiger partial charge in [-0.05, 0) is 18.1 Å². The normalized spacial score (nSPS) is 11.3. The molecule has 1 aromatic carbocycles. The Labute approximate surface area is 123 Å². The van der Waals surface area contributed by atoms with Crippen LogP contribution in [-0.4, -0.2) is 26.4 Å². The minimum Gasteiger partial charge on any atom is -0.481 e. The number of imidazole rings is 1. The van der Waals surface area contributed by atoms with E-state index in [1.807, 2.05) is 18.2 Å². The van der Waals surface area contributed by atoms with Crippen LogP contribution in [0.2, 0.25) is 0 Å². The molecule has 20 heavy (non-hydrogen) atoms. The van der Waals surface area contributed by atoms with Crippen LogP contribution in [0.3, 0.4) is 0 Å². The zero-order valence-corrected chi connectivity index (χ0v) is 12.7. The molecule has 0 aliphatic heterocycles. The molecule has 0 aliphatic rings. The van der Waals surface area contributed by atoms with Gasteiger partial charge < -0.3 is 9.67 Å². The highest BCUT2D eigenvalue weighted by Gasteiger charge is 2.15. The molecule has 108 valence electrons. The van der Waals surface area contributed by atoms with Gasteiger partial charge in [0.2, 0.25) is 0 Å². The highest BCUT2D eigenvalue weighted by molar-refractivity contribution is 7.99. The number of hydrogen-bond acceptors (Lipinski definition) is 3. The fourth-order valence-electron chi connectivity index (χ4n) is 2.27. The van der Waals surface area contributed by atoms with Crippen molar-refractivity contribution in [2.45, 2.75) is 38.4 Å². The van der Waals surface area contributed by atoms with Crippen LogP contribution >= 0.6 is 11.8 Å². The molecule has 0 atom stereocenters. The predicted octanol–water partition coefficient (Wildman–Crippen LogP) is 3.65. The lowest BCUT2D eigenvalue weighted by Gasteiger charge is -2.15. The molecule has 1 aromatic heterocycles. The molecule has 2 aromatic rings. The molecular formula is C15H20N2O2S. The van der Waals surface area contributed by atoms with E-state index >= 15 is 0 Å². The first-order chi connectivity index (χ1) is 9.65. The van der Waals surface area contributed by atoms with Gasteiger partial charge in [-0.3, -0.25) is 4.79 Å². The maximum Gasteiger partial charge on any atom is 0.313 e. The second-order valence-corrected chi connectivity index (χ2v) is 5.80. The van der Waals surface area contributed by atoms with E-state index in [0.29, 0.717) is 5.92 Å². The Morgan fingerprint density at radius 3 is 2.70 bits per heavy atom. The minimum atomic E-state index is -0.809. The van der Waals surface area contributed by atoms with Crippen LogP contribution in [0.4, 0.5) is 0 Å². The molecule has 1 heterocycles. The van der Waals surface area contributed by atoms with Gasteiger partial charge in [-0.2, -0.15) is 0 Å². The van der Waals surface area contributed by atoms with Gasteiger partial charge >= 0.3 is 5.97 Å². The average Bonchev–Trinajstić information content (AvgIpc) is 2.80. The van der Waals surface area contributed by atoms with Gasteiger partial charge in [0.25, 0.3) is 0 Å². The van der Waals surface area contributed by atoms with E-state index in [1.165, 1.54) is 11.8 Å². The summed E-state index contributed by atoms with van der Waals surface area (Å²) in [6.45, 7) is 5.28. The predicted molar refractivity (Wildman–Crippen MR) is 82.2 cm³/mol. The smallest absolute Gasteiger partial charge is 0.313 e. The van der Waals surface area contributed by atoms with Gasteiger partial charge in [0.1, 0.15) is 0 Å². The van der Waals surface area contributed by atoms with Gasteiger partial charge in [0.15, 0.2) is 5.16 Å². The van der Waals surface area contributed by atoms with Crippen LogP contribution in [0.15, 0.2) is 29.4 Å². The molecule has 0 saturated heterocycles. The van der Waals surface area contributed by atoms with E-state index in [9.17, 15) is 4.79 Å². The molecule has 0 spiro atoms. The summed E-state index contributed by atoms with van der Waals surface area (Å²) in [5.74, 6) is -0.167. The number of carbonyl (C=O) groups is 1. The lowest BCUT2D eigenvalue weighted by Crippen LogP contribution is -2.11. The maximum atomic E-state index is 10.8. The Bertz CT molecular complexity index is 591. The van der Waals surface area contributed by atoms with Crippen LogP contribution in [0.25, 0.3) is 11.0 Å². The van der Waals surface area contributed by atoms with Crippen molar-refractivity contribution >= 4 is 28.8 Å². The molecule has 4 nitrogen and oxygen atoms in total. The number of fused-ring (bicyclic) bond motifs is 1. The fourth-order valence-corrected chi connectivity index (χ4v) is 3.02. The van der Waals surface area contributed by atoms with Gasteiger partial charge in [-0.25, -0.2) is 4.98 Å². The van der Waals surface area contributed by atoms with E-state index < -0.39 is 5.97 Å². The van der Waals surface area contributed by atoms with Crippen LogP contribution in [0.1, 0.15) is 26.7 Å². The molecule has 0 bridgehead atoms. The third-order valence-electron chi connectivity index (χ3n) is 3.54.